The quantitative estimate of drug-likeness (QED) is 0.628. The van der Waals surface area contributed by atoms with Crippen LogP contribution in [0.25, 0.3) is 0 Å². The van der Waals surface area contributed by atoms with Crippen molar-refractivity contribution < 1.29 is 13.3 Å². The van der Waals surface area contributed by atoms with Crippen LogP contribution in [0.1, 0.15) is 5.76 Å². The summed E-state index contributed by atoms with van der Waals surface area (Å²) in [6.07, 6.45) is 0. The van der Waals surface area contributed by atoms with Crippen LogP contribution in [0.4, 0.5) is 5.82 Å². The first-order valence-electron chi connectivity index (χ1n) is 2.48. The van der Waals surface area contributed by atoms with Gasteiger partial charge in [-0.3, -0.25) is 8.93 Å². The Bertz CT molecular complexity index is 246. The highest BCUT2D eigenvalue weighted by molar-refractivity contribution is 7.80. The van der Waals surface area contributed by atoms with Gasteiger partial charge < -0.3 is 9.08 Å². The van der Waals surface area contributed by atoms with Crippen LogP contribution in [0, 0.1) is 6.92 Å². The third-order valence-corrected chi connectivity index (χ3v) is 1.19. The van der Waals surface area contributed by atoms with E-state index >= 15 is 0 Å². The second kappa shape index (κ2) is 2.80. The van der Waals surface area contributed by atoms with Crippen LogP contribution in [0.3, 0.4) is 0 Å². The zero-order valence-electron chi connectivity index (χ0n) is 5.16. The van der Waals surface area contributed by atoms with Gasteiger partial charge >= 0.3 is 0 Å². The molecule has 0 bridgehead atoms. The van der Waals surface area contributed by atoms with Crippen LogP contribution in [0.5, 0.6) is 0 Å². The Hall–Kier alpha value is -0.880. The van der Waals surface area contributed by atoms with Gasteiger partial charge in [-0.2, -0.15) is 0 Å². The fraction of sp³-hybridized carbons (Fsp3) is 0.250. The van der Waals surface area contributed by atoms with Crippen LogP contribution in [-0.2, 0) is 11.3 Å². The summed E-state index contributed by atoms with van der Waals surface area (Å²) in [7, 11) is 0. The molecule has 0 saturated carbocycles. The minimum Gasteiger partial charge on any atom is -0.755 e. The highest BCUT2D eigenvalue weighted by Gasteiger charge is 1.96. The maximum atomic E-state index is 9.99. The molecular weight excluding hydrogens is 156 g/mol. The summed E-state index contributed by atoms with van der Waals surface area (Å²) in [5.41, 5.74) is 0. The molecule has 0 aliphatic carbocycles. The number of hydrogen-bond acceptors (Lipinski definition) is 4. The fourth-order valence-corrected chi connectivity index (χ4v) is 0.767. The molecule has 0 aliphatic rings. The molecule has 0 fully saturated rings. The van der Waals surface area contributed by atoms with Crippen molar-refractivity contribution in [2.75, 3.05) is 4.72 Å². The predicted octanol–water partition coefficient (Wildman–Crippen LogP) is 0.189. The van der Waals surface area contributed by atoms with E-state index in [1.165, 1.54) is 6.07 Å². The number of hydrogen-bond donors (Lipinski definition) is 1. The molecular formula is C4H5N2O3S-. The number of aryl methyl sites for hydroxylation is 1. The smallest absolute Gasteiger partial charge is 0.180 e. The Balaban J connectivity index is 2.67. The van der Waals surface area contributed by atoms with Crippen molar-refractivity contribution in [1.82, 2.24) is 5.16 Å². The molecule has 5 nitrogen and oxygen atoms in total. The maximum absolute atomic E-state index is 9.99. The third kappa shape index (κ3) is 1.82. The van der Waals surface area contributed by atoms with Crippen molar-refractivity contribution in [2.45, 2.75) is 6.92 Å². The molecule has 1 aromatic heterocycles. The van der Waals surface area contributed by atoms with Gasteiger partial charge in [-0.05, 0) is 6.92 Å². The third-order valence-electron chi connectivity index (χ3n) is 0.816. The Morgan fingerprint density at radius 2 is 2.60 bits per heavy atom. The normalized spacial score (nSPS) is 13.0. The summed E-state index contributed by atoms with van der Waals surface area (Å²) in [4.78, 5) is 0. The Kier molecular flexibility index (Phi) is 2.03. The lowest BCUT2D eigenvalue weighted by molar-refractivity contribution is 0.400. The van der Waals surface area contributed by atoms with Crippen molar-refractivity contribution in [3.63, 3.8) is 0 Å². The molecule has 1 atom stereocenters. The van der Waals surface area contributed by atoms with E-state index in [2.05, 4.69) is 9.68 Å². The van der Waals surface area contributed by atoms with E-state index in [-0.39, 0.29) is 5.82 Å². The lowest BCUT2D eigenvalue weighted by atomic mass is 10.5. The monoisotopic (exact) mass is 161 g/mol. The molecule has 1 N–H and O–H groups in total. The molecule has 0 aromatic carbocycles. The van der Waals surface area contributed by atoms with Crippen LogP contribution < -0.4 is 4.72 Å². The van der Waals surface area contributed by atoms with Gasteiger partial charge in [0.1, 0.15) is 5.76 Å². The summed E-state index contributed by atoms with van der Waals surface area (Å²) >= 11 is -2.33. The van der Waals surface area contributed by atoms with Gasteiger partial charge in [0.25, 0.3) is 0 Å². The topological polar surface area (TPSA) is 78.2 Å². The molecule has 1 rings (SSSR count). The number of anilines is 1. The van der Waals surface area contributed by atoms with Gasteiger partial charge in [0.05, 0.1) is 0 Å². The molecule has 0 saturated heterocycles. The van der Waals surface area contributed by atoms with Gasteiger partial charge in [-0.25, -0.2) is 0 Å². The van der Waals surface area contributed by atoms with Crippen molar-refractivity contribution in [3.8, 4) is 0 Å². The highest BCUT2D eigenvalue weighted by atomic mass is 32.2. The molecule has 1 unspecified atom stereocenters. The van der Waals surface area contributed by atoms with E-state index in [1.807, 2.05) is 4.72 Å². The van der Waals surface area contributed by atoms with Crippen LogP contribution >= 0.6 is 0 Å². The van der Waals surface area contributed by atoms with Crippen molar-refractivity contribution >= 4 is 17.1 Å². The van der Waals surface area contributed by atoms with E-state index in [1.54, 1.807) is 6.92 Å². The molecule has 1 aromatic rings. The zero-order valence-corrected chi connectivity index (χ0v) is 5.97. The number of nitrogens with zero attached hydrogens (tertiary/aromatic N) is 1. The maximum Gasteiger partial charge on any atom is 0.180 e. The van der Waals surface area contributed by atoms with Gasteiger partial charge in [-0.1, -0.05) is 5.16 Å². The largest absolute Gasteiger partial charge is 0.755 e. The second-order valence-electron chi connectivity index (χ2n) is 1.66. The number of rotatable bonds is 2. The molecule has 0 spiro atoms. The summed E-state index contributed by atoms with van der Waals surface area (Å²) in [6.45, 7) is 1.67. The lowest BCUT2D eigenvalue weighted by Gasteiger charge is -2.01. The van der Waals surface area contributed by atoms with Gasteiger partial charge in [0.15, 0.2) is 5.82 Å². The Morgan fingerprint density at radius 3 is 3.00 bits per heavy atom. The molecule has 56 valence electrons. The van der Waals surface area contributed by atoms with Gasteiger partial charge in [0.2, 0.25) is 0 Å². The summed E-state index contributed by atoms with van der Waals surface area (Å²) in [6, 6.07) is 1.48. The van der Waals surface area contributed by atoms with Gasteiger partial charge in [0, 0.05) is 17.3 Å². The van der Waals surface area contributed by atoms with Gasteiger partial charge in [-0.15, -0.1) is 0 Å². The van der Waals surface area contributed by atoms with E-state index < -0.39 is 11.3 Å². The van der Waals surface area contributed by atoms with Crippen molar-refractivity contribution in [1.29, 1.82) is 0 Å². The molecule has 0 radical (unpaired) electrons. The van der Waals surface area contributed by atoms with E-state index in [4.69, 9.17) is 0 Å². The molecule has 6 heteroatoms. The number of nitrogens with one attached hydrogen (secondary N) is 1. The van der Waals surface area contributed by atoms with E-state index in [0.29, 0.717) is 5.76 Å². The summed E-state index contributed by atoms with van der Waals surface area (Å²) < 4.78 is 26.6. The minimum absolute atomic E-state index is 0.200. The zero-order chi connectivity index (χ0) is 7.56. The fourth-order valence-electron chi connectivity index (χ4n) is 0.500. The lowest BCUT2D eigenvalue weighted by Crippen LogP contribution is -2.01. The first kappa shape index (κ1) is 7.23. The Labute approximate surface area is 59.8 Å². The SMILES string of the molecule is Cc1cc(NS(=O)[O-])no1. The molecule has 1 heterocycles. The average Bonchev–Trinajstić information content (AvgIpc) is 2.13. The standard InChI is InChI=1S/C4H6N2O3S/c1-3-2-4(5-9-3)6-10(7)8/h2H,1H3,(H,5,6)(H,7,8)/p-1. The highest BCUT2D eigenvalue weighted by Crippen LogP contribution is 2.06. The second-order valence-corrected chi connectivity index (χ2v) is 2.33. The Morgan fingerprint density at radius 1 is 1.90 bits per heavy atom. The van der Waals surface area contributed by atoms with Crippen LogP contribution in [-0.4, -0.2) is 13.9 Å². The first-order chi connectivity index (χ1) is 4.68. The van der Waals surface area contributed by atoms with Crippen LogP contribution in [0.2, 0.25) is 0 Å². The van der Waals surface area contributed by atoms with Crippen LogP contribution in [0.15, 0.2) is 10.6 Å². The molecule has 0 aliphatic heterocycles. The minimum atomic E-state index is -2.33. The molecule has 0 amide bonds. The van der Waals surface area contributed by atoms with Crippen molar-refractivity contribution in [2.24, 2.45) is 0 Å². The summed E-state index contributed by atoms with van der Waals surface area (Å²) in [5, 5.41) is 3.38. The van der Waals surface area contributed by atoms with E-state index in [0.717, 1.165) is 0 Å². The van der Waals surface area contributed by atoms with E-state index in [9.17, 15) is 8.76 Å². The first-order valence-corrected chi connectivity index (χ1v) is 3.55. The predicted molar refractivity (Wildman–Crippen MR) is 33.8 cm³/mol. The molecule has 10 heavy (non-hydrogen) atoms. The average molecular weight is 161 g/mol. The number of aromatic nitrogens is 1. The summed E-state index contributed by atoms with van der Waals surface area (Å²) in [5.74, 6) is 0.763. The van der Waals surface area contributed by atoms with Crippen molar-refractivity contribution in [3.05, 3.63) is 11.8 Å².